The van der Waals surface area contributed by atoms with Gasteiger partial charge in [0, 0.05) is 35.8 Å². The van der Waals surface area contributed by atoms with E-state index in [1.807, 2.05) is 0 Å². The lowest BCUT2D eigenvalue weighted by Gasteiger charge is -2.11. The van der Waals surface area contributed by atoms with Gasteiger partial charge in [-0.25, -0.2) is 4.79 Å². The molecule has 4 amide bonds. The van der Waals surface area contributed by atoms with Gasteiger partial charge in [-0.15, -0.1) is 0 Å². The Morgan fingerprint density at radius 2 is 0.972 bits per heavy atom. The molecule has 0 aromatic heterocycles. The maximum absolute atomic E-state index is 12.3. The number of carbonyl (C=O) groups excluding carboxylic acids is 3. The number of rotatable bonds is 8. The zero-order valence-electron chi connectivity index (χ0n) is 19.5. The van der Waals surface area contributed by atoms with Crippen molar-refractivity contribution in [3.63, 3.8) is 0 Å². The summed E-state index contributed by atoms with van der Waals surface area (Å²) < 4.78 is 0. The van der Waals surface area contributed by atoms with Crippen molar-refractivity contribution in [2.24, 2.45) is 9.98 Å². The van der Waals surface area contributed by atoms with E-state index in [0.717, 1.165) is 13.1 Å². The van der Waals surface area contributed by atoms with Crippen molar-refractivity contribution in [2.45, 2.75) is 0 Å². The molecule has 0 saturated heterocycles. The first-order valence-corrected chi connectivity index (χ1v) is 11.5. The van der Waals surface area contributed by atoms with E-state index < -0.39 is 6.03 Å². The second-order valence-electron chi connectivity index (χ2n) is 7.85. The van der Waals surface area contributed by atoms with E-state index in [1.54, 1.807) is 48.5 Å². The molecule has 2 heterocycles. The van der Waals surface area contributed by atoms with E-state index in [4.69, 9.17) is 0 Å². The summed E-state index contributed by atoms with van der Waals surface area (Å²) >= 11 is 0. The topological polar surface area (TPSA) is 172 Å². The van der Waals surface area contributed by atoms with Crippen LogP contribution in [-0.4, -0.2) is 69.0 Å². The van der Waals surface area contributed by atoms with E-state index in [9.17, 15) is 14.4 Å². The van der Waals surface area contributed by atoms with E-state index >= 15 is 0 Å². The largest absolute Gasteiger partial charge is 0.355 e. The smallest absolute Gasteiger partial charge is 0.323 e. The van der Waals surface area contributed by atoms with Crippen LogP contribution >= 0.6 is 0 Å². The number of urea groups is 1. The van der Waals surface area contributed by atoms with Crippen LogP contribution in [0.3, 0.4) is 0 Å². The fourth-order valence-electron chi connectivity index (χ4n) is 3.34. The standard InChI is InChI=1S/C23H28N10O3/c34-19(13-28-21-24-9-10-25-21)30-15-1-5-17(6-2-15)32-23(36)33-18-7-3-16(4-8-18)31-20(35)14-29-22-26-11-12-27-22/h1-8H,9-14H2,(H,30,34)(H,31,35)(H2,24,25,28)(H2,26,27,29)(H2,32,33,36). The monoisotopic (exact) mass is 492 g/mol. The predicted molar refractivity (Wildman–Crippen MR) is 139 cm³/mol. The molecular formula is C23H28N10O3. The molecule has 2 aromatic carbocycles. The average molecular weight is 493 g/mol. The summed E-state index contributed by atoms with van der Waals surface area (Å²) in [5, 5.41) is 22.9. The lowest BCUT2D eigenvalue weighted by Crippen LogP contribution is -2.38. The number of benzene rings is 2. The van der Waals surface area contributed by atoms with Crippen LogP contribution in [0, 0.1) is 0 Å². The van der Waals surface area contributed by atoms with Gasteiger partial charge >= 0.3 is 6.03 Å². The molecule has 8 N–H and O–H groups in total. The van der Waals surface area contributed by atoms with Gasteiger partial charge in [-0.2, -0.15) is 0 Å². The molecule has 0 spiro atoms. The Balaban J connectivity index is 1.17. The van der Waals surface area contributed by atoms with Gasteiger partial charge in [0.15, 0.2) is 11.9 Å². The summed E-state index contributed by atoms with van der Waals surface area (Å²) in [5.74, 6) is 0.827. The van der Waals surface area contributed by atoms with Crippen LogP contribution in [-0.2, 0) is 9.59 Å². The highest BCUT2D eigenvalue weighted by Crippen LogP contribution is 2.16. The van der Waals surface area contributed by atoms with Crippen molar-refractivity contribution in [1.82, 2.24) is 21.3 Å². The Morgan fingerprint density at radius 3 is 1.31 bits per heavy atom. The molecule has 13 nitrogen and oxygen atoms in total. The van der Waals surface area contributed by atoms with Crippen LogP contribution in [0.4, 0.5) is 27.5 Å². The van der Waals surface area contributed by atoms with Crippen LogP contribution in [0.1, 0.15) is 0 Å². The van der Waals surface area contributed by atoms with Crippen LogP contribution in [0.5, 0.6) is 0 Å². The van der Waals surface area contributed by atoms with Crippen molar-refractivity contribution < 1.29 is 14.4 Å². The fourth-order valence-corrected chi connectivity index (χ4v) is 3.34. The number of guanidine groups is 2. The lowest BCUT2D eigenvalue weighted by molar-refractivity contribution is -0.116. The van der Waals surface area contributed by atoms with E-state index in [0.29, 0.717) is 47.8 Å². The second kappa shape index (κ2) is 12.1. The molecular weight excluding hydrogens is 464 g/mol. The molecule has 2 aliphatic heterocycles. The zero-order valence-corrected chi connectivity index (χ0v) is 19.5. The molecule has 0 atom stereocenters. The Morgan fingerprint density at radius 1 is 0.611 bits per heavy atom. The van der Waals surface area contributed by atoms with Gasteiger partial charge in [0.1, 0.15) is 0 Å². The first-order chi connectivity index (χ1) is 17.5. The van der Waals surface area contributed by atoms with Gasteiger partial charge in [0.05, 0.1) is 26.2 Å². The van der Waals surface area contributed by atoms with Gasteiger partial charge in [0.25, 0.3) is 0 Å². The Labute approximate surface area is 207 Å². The third kappa shape index (κ3) is 7.62. The molecule has 0 saturated carbocycles. The minimum Gasteiger partial charge on any atom is -0.355 e. The third-order valence-corrected chi connectivity index (χ3v) is 5.03. The predicted octanol–water partition coefficient (Wildman–Crippen LogP) is 0.305. The highest BCUT2D eigenvalue weighted by Gasteiger charge is 2.09. The number of amides is 4. The lowest BCUT2D eigenvalue weighted by atomic mass is 10.2. The molecule has 0 bridgehead atoms. The number of nitrogens with zero attached hydrogens (tertiary/aromatic N) is 2. The molecule has 188 valence electrons. The van der Waals surface area contributed by atoms with Crippen LogP contribution in [0.15, 0.2) is 58.5 Å². The van der Waals surface area contributed by atoms with E-state index in [2.05, 4.69) is 52.5 Å². The molecule has 0 radical (unpaired) electrons. The quantitative estimate of drug-likeness (QED) is 0.262. The van der Waals surface area contributed by atoms with Gasteiger partial charge in [-0.1, -0.05) is 0 Å². The zero-order chi connectivity index (χ0) is 25.2. The Kier molecular flexibility index (Phi) is 8.14. The van der Waals surface area contributed by atoms with Crippen molar-refractivity contribution in [1.29, 1.82) is 0 Å². The number of nitrogens with one attached hydrogen (secondary N) is 8. The van der Waals surface area contributed by atoms with Crippen LogP contribution in [0.2, 0.25) is 0 Å². The van der Waals surface area contributed by atoms with E-state index in [-0.39, 0.29) is 24.9 Å². The molecule has 36 heavy (non-hydrogen) atoms. The van der Waals surface area contributed by atoms with E-state index in [1.165, 1.54) is 0 Å². The number of hydrogen-bond acceptors (Lipinski definition) is 9. The summed E-state index contributed by atoms with van der Waals surface area (Å²) in [5.41, 5.74) is 2.33. The number of hydrogen-bond donors (Lipinski definition) is 8. The number of aliphatic imine (C=N–C) groups is 2. The average Bonchev–Trinajstić information content (AvgIpc) is 3.58. The molecule has 2 aliphatic rings. The minimum absolute atomic E-state index is 0.0981. The maximum Gasteiger partial charge on any atom is 0.323 e. The summed E-state index contributed by atoms with van der Waals surface area (Å²) in [7, 11) is 0. The Hall–Kier alpha value is -4.81. The van der Waals surface area contributed by atoms with Crippen LogP contribution in [0.25, 0.3) is 0 Å². The number of carbonyl (C=O) groups is 3. The van der Waals surface area contributed by atoms with Crippen LogP contribution < -0.4 is 42.5 Å². The molecule has 0 unspecified atom stereocenters. The highest BCUT2D eigenvalue weighted by molar-refractivity contribution is 6.01. The molecule has 4 rings (SSSR count). The van der Waals surface area contributed by atoms with Crippen molar-refractivity contribution in [3.8, 4) is 0 Å². The molecule has 13 heteroatoms. The SMILES string of the molecule is O=C(CNC1=NCCN1)Nc1ccc(NC(=O)Nc2ccc(NC(=O)CNC3=NCCN3)cc2)cc1. The van der Waals surface area contributed by atoms with Gasteiger partial charge < -0.3 is 42.5 Å². The summed E-state index contributed by atoms with van der Waals surface area (Å²) in [6.45, 7) is 3.12. The first kappa shape index (κ1) is 24.3. The normalized spacial score (nSPS) is 13.9. The number of anilines is 4. The third-order valence-electron chi connectivity index (χ3n) is 5.03. The second-order valence-corrected chi connectivity index (χ2v) is 7.85. The molecule has 2 aromatic rings. The first-order valence-electron chi connectivity index (χ1n) is 11.5. The maximum atomic E-state index is 12.3. The summed E-state index contributed by atoms with van der Waals surface area (Å²) in [6, 6.07) is 13.1. The molecule has 0 fully saturated rings. The summed E-state index contributed by atoms with van der Waals surface area (Å²) in [6.07, 6.45) is 0. The molecule has 0 aliphatic carbocycles. The van der Waals surface area contributed by atoms with Gasteiger partial charge in [-0.3, -0.25) is 19.6 Å². The van der Waals surface area contributed by atoms with Crippen molar-refractivity contribution in [2.75, 3.05) is 60.5 Å². The Bertz CT molecular complexity index is 1060. The van der Waals surface area contributed by atoms with Crippen molar-refractivity contribution >= 4 is 52.5 Å². The summed E-state index contributed by atoms with van der Waals surface area (Å²) in [4.78, 5) is 44.7. The minimum atomic E-state index is -0.424. The van der Waals surface area contributed by atoms with Gasteiger partial charge in [0.2, 0.25) is 11.8 Å². The van der Waals surface area contributed by atoms with Crippen molar-refractivity contribution in [3.05, 3.63) is 48.5 Å². The van der Waals surface area contributed by atoms with Gasteiger partial charge in [-0.05, 0) is 48.5 Å². The fraction of sp³-hybridized carbons (Fsp3) is 0.261. The highest BCUT2D eigenvalue weighted by atomic mass is 16.2.